The highest BCUT2D eigenvalue weighted by Gasteiger charge is 2.36. The molecular weight excluding hydrogens is 292 g/mol. The number of carbonyl (C=O) groups excluding carboxylic acids is 2. The van der Waals surface area contributed by atoms with E-state index in [1.165, 1.54) is 25.3 Å². The van der Waals surface area contributed by atoms with E-state index in [1.807, 2.05) is 0 Å². The molecule has 3 rings (SSSR count). The number of fused-ring (bicyclic) bond motifs is 1. The van der Waals surface area contributed by atoms with E-state index in [2.05, 4.69) is 0 Å². The summed E-state index contributed by atoms with van der Waals surface area (Å²) in [5.41, 5.74) is 0.680. The Bertz CT molecular complexity index is 732. The first-order chi connectivity index (χ1) is 10.5. The minimum atomic E-state index is -0.574. The molecule has 8 heteroatoms. The maximum Gasteiger partial charge on any atom is 0.285 e. The van der Waals surface area contributed by atoms with Crippen molar-refractivity contribution in [1.29, 1.82) is 0 Å². The van der Waals surface area contributed by atoms with Crippen molar-refractivity contribution >= 4 is 11.8 Å². The lowest BCUT2D eigenvalue weighted by molar-refractivity contribution is -0.101. The van der Waals surface area contributed by atoms with Crippen molar-refractivity contribution in [2.45, 2.75) is 6.61 Å². The van der Waals surface area contributed by atoms with E-state index in [1.54, 1.807) is 12.1 Å². The van der Waals surface area contributed by atoms with Crippen molar-refractivity contribution in [2.24, 2.45) is 0 Å². The van der Waals surface area contributed by atoms with Gasteiger partial charge in [-0.15, -0.1) is 9.79 Å². The zero-order valence-electron chi connectivity index (χ0n) is 11.5. The molecule has 22 heavy (non-hydrogen) atoms. The molecule has 0 atom stereocenters. The van der Waals surface area contributed by atoms with Gasteiger partial charge in [0.15, 0.2) is 0 Å². The third-order valence-electron chi connectivity index (χ3n) is 3.28. The number of aromatic nitrogens is 1. The summed E-state index contributed by atoms with van der Waals surface area (Å²) >= 11 is 0. The van der Waals surface area contributed by atoms with Crippen LogP contribution in [-0.2, 0) is 11.4 Å². The molecule has 2 heterocycles. The molecule has 0 spiro atoms. The van der Waals surface area contributed by atoms with E-state index < -0.39 is 11.8 Å². The average molecular weight is 304 g/mol. The molecule has 2 aromatic rings. The van der Waals surface area contributed by atoms with Gasteiger partial charge in [-0.2, -0.15) is 0 Å². The molecule has 8 nitrogen and oxygen atoms in total. The fourth-order valence-electron chi connectivity index (χ4n) is 2.22. The molecule has 1 aliphatic heterocycles. The summed E-state index contributed by atoms with van der Waals surface area (Å²) in [4.78, 5) is 34.1. The Kier molecular flexibility index (Phi) is 3.22. The summed E-state index contributed by atoms with van der Waals surface area (Å²) < 4.78 is 0.779. The molecule has 0 saturated carbocycles. The smallest absolute Gasteiger partial charge is 0.285 e. The second-order valence-corrected chi connectivity index (χ2v) is 4.55. The summed E-state index contributed by atoms with van der Waals surface area (Å²) in [6, 6.07) is 7.57. The van der Waals surface area contributed by atoms with Gasteiger partial charge in [-0.05, 0) is 12.1 Å². The van der Waals surface area contributed by atoms with Crippen LogP contribution in [0.15, 0.2) is 30.3 Å². The highest BCUT2D eigenvalue weighted by Crippen LogP contribution is 2.28. The monoisotopic (exact) mass is 304 g/mol. The molecule has 0 bridgehead atoms. The van der Waals surface area contributed by atoms with E-state index in [0.29, 0.717) is 5.06 Å². The van der Waals surface area contributed by atoms with E-state index in [0.717, 1.165) is 4.73 Å². The number of hydrogen-bond donors (Lipinski definition) is 2. The molecule has 0 unspecified atom stereocenters. The number of rotatable bonds is 4. The predicted molar refractivity (Wildman–Crippen MR) is 72.0 cm³/mol. The molecular formula is C14H12N2O6. The SMILES string of the molecule is COn1c(O)cc(CON2C(=O)c3ccccc3C2=O)c1O. The molecule has 1 aromatic heterocycles. The molecule has 1 aliphatic rings. The van der Waals surface area contributed by atoms with Gasteiger partial charge in [-0.3, -0.25) is 14.4 Å². The van der Waals surface area contributed by atoms with Crippen LogP contribution in [0.1, 0.15) is 26.3 Å². The largest absolute Gasteiger partial charge is 0.492 e. The quantitative estimate of drug-likeness (QED) is 0.806. The number of hydrogen-bond acceptors (Lipinski definition) is 6. The number of imide groups is 1. The second kappa shape index (κ2) is 5.08. The number of aromatic hydroxyl groups is 2. The van der Waals surface area contributed by atoms with E-state index in [4.69, 9.17) is 9.68 Å². The first-order valence-electron chi connectivity index (χ1n) is 6.32. The van der Waals surface area contributed by atoms with Crippen LogP contribution in [-0.4, -0.2) is 38.9 Å². The molecule has 1 aromatic carbocycles. The first kappa shape index (κ1) is 14.0. The van der Waals surface area contributed by atoms with E-state index in [-0.39, 0.29) is 35.1 Å². The summed E-state index contributed by atoms with van der Waals surface area (Å²) in [6.07, 6.45) is 0. The zero-order chi connectivity index (χ0) is 15.9. The number of hydroxylamine groups is 2. The summed E-state index contributed by atoms with van der Waals surface area (Å²) in [6.45, 7) is -0.290. The lowest BCUT2D eigenvalue weighted by atomic mass is 10.1. The number of nitrogens with zero attached hydrogens (tertiary/aromatic N) is 2. The van der Waals surface area contributed by atoms with Crippen LogP contribution in [0.5, 0.6) is 11.8 Å². The van der Waals surface area contributed by atoms with Gasteiger partial charge in [0, 0.05) is 11.6 Å². The van der Waals surface area contributed by atoms with Crippen LogP contribution in [0.2, 0.25) is 0 Å². The van der Waals surface area contributed by atoms with Crippen LogP contribution in [0.4, 0.5) is 0 Å². The van der Waals surface area contributed by atoms with Crippen molar-refractivity contribution in [3.63, 3.8) is 0 Å². The van der Waals surface area contributed by atoms with Crippen molar-refractivity contribution in [2.75, 3.05) is 7.11 Å². The van der Waals surface area contributed by atoms with Gasteiger partial charge in [0.05, 0.1) is 11.1 Å². The van der Waals surface area contributed by atoms with Crippen molar-refractivity contribution in [3.05, 3.63) is 47.0 Å². The molecule has 114 valence electrons. The Morgan fingerprint density at radius 3 is 2.18 bits per heavy atom. The van der Waals surface area contributed by atoms with Gasteiger partial charge in [-0.25, -0.2) is 0 Å². The maximum absolute atomic E-state index is 12.1. The first-order valence-corrected chi connectivity index (χ1v) is 6.32. The summed E-state index contributed by atoms with van der Waals surface area (Å²) in [5, 5.41) is 20.0. The lowest BCUT2D eigenvalue weighted by Crippen LogP contribution is -2.29. The van der Waals surface area contributed by atoms with Crippen molar-refractivity contribution in [3.8, 4) is 11.8 Å². The highest BCUT2D eigenvalue weighted by atomic mass is 16.7. The van der Waals surface area contributed by atoms with Gasteiger partial charge in [0.1, 0.15) is 13.7 Å². The summed E-state index contributed by atoms with van der Waals surface area (Å²) in [5.74, 6) is -1.86. The zero-order valence-corrected chi connectivity index (χ0v) is 11.5. The van der Waals surface area contributed by atoms with Crippen molar-refractivity contribution in [1.82, 2.24) is 9.79 Å². The van der Waals surface area contributed by atoms with Crippen LogP contribution >= 0.6 is 0 Å². The minimum absolute atomic E-state index is 0.163. The third-order valence-corrected chi connectivity index (χ3v) is 3.28. The molecule has 2 amide bonds. The van der Waals surface area contributed by atoms with Crippen LogP contribution < -0.4 is 4.84 Å². The molecule has 0 radical (unpaired) electrons. The minimum Gasteiger partial charge on any atom is -0.492 e. The third kappa shape index (κ3) is 1.97. The number of carbonyl (C=O) groups is 2. The Morgan fingerprint density at radius 2 is 1.68 bits per heavy atom. The average Bonchev–Trinajstić information content (AvgIpc) is 2.93. The van der Waals surface area contributed by atoms with Crippen LogP contribution in [0, 0.1) is 0 Å². The van der Waals surface area contributed by atoms with Crippen LogP contribution in [0.25, 0.3) is 0 Å². The summed E-state index contributed by atoms with van der Waals surface area (Å²) in [7, 11) is 1.26. The normalized spacial score (nSPS) is 13.6. The van der Waals surface area contributed by atoms with Gasteiger partial charge in [0.2, 0.25) is 11.8 Å². The van der Waals surface area contributed by atoms with E-state index in [9.17, 15) is 19.8 Å². The second-order valence-electron chi connectivity index (χ2n) is 4.55. The highest BCUT2D eigenvalue weighted by molar-refractivity contribution is 6.20. The topological polar surface area (TPSA) is 101 Å². The fraction of sp³-hybridized carbons (Fsp3) is 0.143. The van der Waals surface area contributed by atoms with Gasteiger partial charge >= 0.3 is 0 Å². The maximum atomic E-state index is 12.1. The number of amides is 2. The standard InChI is InChI=1S/C14H12N2O6/c1-21-15-11(17)6-8(12(15)18)7-22-16-13(19)9-4-2-3-5-10(9)14(16)20/h2-6,17-18H,7H2,1H3. The Morgan fingerprint density at radius 1 is 1.09 bits per heavy atom. The Hall–Kier alpha value is -3.00. The lowest BCUT2D eigenvalue weighted by Gasteiger charge is -2.12. The predicted octanol–water partition coefficient (Wildman–Crippen LogP) is 0.685. The van der Waals surface area contributed by atoms with Crippen molar-refractivity contribution < 1.29 is 29.5 Å². The fourth-order valence-corrected chi connectivity index (χ4v) is 2.22. The molecule has 0 saturated heterocycles. The molecule has 0 aliphatic carbocycles. The van der Waals surface area contributed by atoms with Gasteiger partial charge in [-0.1, -0.05) is 12.1 Å². The van der Waals surface area contributed by atoms with Gasteiger partial charge in [0.25, 0.3) is 11.8 Å². The van der Waals surface area contributed by atoms with Crippen LogP contribution in [0.3, 0.4) is 0 Å². The number of benzene rings is 1. The molecule has 2 N–H and O–H groups in total. The molecule has 0 fully saturated rings. The van der Waals surface area contributed by atoms with E-state index >= 15 is 0 Å². The Labute approximate surface area is 124 Å². The van der Waals surface area contributed by atoms with Gasteiger partial charge < -0.3 is 15.1 Å². The Balaban J connectivity index is 1.79.